The van der Waals surface area contributed by atoms with Crippen molar-refractivity contribution >= 4 is 38.4 Å². The van der Waals surface area contributed by atoms with Gasteiger partial charge in [0.25, 0.3) is 5.91 Å². The van der Waals surface area contributed by atoms with Crippen LogP contribution >= 0.6 is 11.3 Å². The Balaban J connectivity index is 1.80. The molecule has 1 aromatic heterocycles. The number of rotatable bonds is 6. The zero-order chi connectivity index (χ0) is 21.0. The molecule has 2 heterocycles. The van der Waals surface area contributed by atoms with Gasteiger partial charge in [0.15, 0.2) is 10.8 Å². The van der Waals surface area contributed by atoms with E-state index in [9.17, 15) is 22.4 Å². The number of aromatic nitrogens is 1. The molecule has 0 aliphatic carbocycles. The number of amides is 1. The van der Waals surface area contributed by atoms with Gasteiger partial charge in [-0.1, -0.05) is 0 Å². The van der Waals surface area contributed by atoms with E-state index in [-0.39, 0.29) is 49.3 Å². The number of benzene rings is 1. The van der Waals surface area contributed by atoms with Crippen LogP contribution in [0, 0.1) is 5.82 Å². The molecule has 1 saturated heterocycles. The Morgan fingerprint density at radius 2 is 2.07 bits per heavy atom. The molecule has 3 rings (SSSR count). The van der Waals surface area contributed by atoms with Crippen molar-refractivity contribution in [3.63, 3.8) is 0 Å². The lowest BCUT2D eigenvalue weighted by molar-refractivity contribution is 0.0520. The average Bonchev–Trinajstić information content (AvgIpc) is 3.17. The molecule has 1 fully saturated rings. The second-order valence-corrected chi connectivity index (χ2v) is 8.64. The molecule has 12 heteroatoms. The summed E-state index contributed by atoms with van der Waals surface area (Å²) in [7, 11) is -4.11. The van der Waals surface area contributed by atoms with Crippen LogP contribution in [0.25, 0.3) is 0 Å². The van der Waals surface area contributed by atoms with E-state index >= 15 is 0 Å². The molecule has 9 nitrogen and oxygen atoms in total. The van der Waals surface area contributed by atoms with Crippen LogP contribution in [0.4, 0.5) is 9.52 Å². The second-order valence-electron chi connectivity index (χ2n) is 5.87. The van der Waals surface area contributed by atoms with Crippen molar-refractivity contribution in [2.45, 2.75) is 11.8 Å². The molecule has 0 saturated carbocycles. The first kappa shape index (κ1) is 21.3. The zero-order valence-electron chi connectivity index (χ0n) is 15.4. The predicted molar refractivity (Wildman–Crippen MR) is 102 cm³/mol. The van der Waals surface area contributed by atoms with E-state index in [0.717, 1.165) is 27.8 Å². The lowest BCUT2D eigenvalue weighted by atomic mass is 10.2. The minimum atomic E-state index is -4.11. The van der Waals surface area contributed by atoms with Crippen molar-refractivity contribution < 1.29 is 31.9 Å². The molecule has 0 bridgehead atoms. The number of thiazole rings is 1. The molecule has 1 aromatic carbocycles. The molecule has 0 unspecified atom stereocenters. The average molecular weight is 443 g/mol. The van der Waals surface area contributed by atoms with Crippen LogP contribution in [0.1, 0.15) is 27.8 Å². The van der Waals surface area contributed by atoms with Crippen LogP contribution in [0.2, 0.25) is 0 Å². The van der Waals surface area contributed by atoms with Crippen molar-refractivity contribution in [1.82, 2.24) is 9.29 Å². The van der Waals surface area contributed by atoms with Crippen molar-refractivity contribution in [2.75, 3.05) is 38.2 Å². The lowest BCUT2D eigenvalue weighted by Crippen LogP contribution is -2.41. The molecule has 0 atom stereocenters. The highest BCUT2D eigenvalue weighted by Crippen LogP contribution is 2.23. The first-order chi connectivity index (χ1) is 13.8. The van der Waals surface area contributed by atoms with Gasteiger partial charge >= 0.3 is 5.97 Å². The number of carbonyl (C=O) groups excluding carboxylic acids is 2. The highest BCUT2D eigenvalue weighted by Gasteiger charge is 2.30. The van der Waals surface area contributed by atoms with Crippen LogP contribution in [0.5, 0.6) is 0 Å². The molecule has 0 spiro atoms. The second kappa shape index (κ2) is 8.95. The molecule has 1 aliphatic rings. The fraction of sp³-hybridized carbons (Fsp3) is 0.353. The summed E-state index contributed by atoms with van der Waals surface area (Å²) in [6.07, 6.45) is 0. The maximum absolute atomic E-state index is 14.2. The van der Waals surface area contributed by atoms with Gasteiger partial charge < -0.3 is 9.47 Å². The van der Waals surface area contributed by atoms with Gasteiger partial charge in [-0.05, 0) is 25.1 Å². The summed E-state index contributed by atoms with van der Waals surface area (Å²) in [4.78, 5) is 27.5. The Morgan fingerprint density at radius 1 is 1.34 bits per heavy atom. The highest BCUT2D eigenvalue weighted by atomic mass is 32.2. The summed E-state index contributed by atoms with van der Waals surface area (Å²) in [6, 6.07) is 3.08. The highest BCUT2D eigenvalue weighted by molar-refractivity contribution is 7.89. The number of hydrogen-bond acceptors (Lipinski definition) is 8. The SMILES string of the molecule is CCOC(=O)c1csc(NC(=O)c2ccc(F)c(S(=O)(=O)N3CCOCC3)c2)n1. The summed E-state index contributed by atoms with van der Waals surface area (Å²) in [5.74, 6) is -2.26. The van der Waals surface area contributed by atoms with Gasteiger partial charge in [-0.15, -0.1) is 11.3 Å². The maximum Gasteiger partial charge on any atom is 0.357 e. The monoisotopic (exact) mass is 443 g/mol. The van der Waals surface area contributed by atoms with Gasteiger partial charge in [0.05, 0.1) is 19.8 Å². The number of sulfonamides is 1. The number of halogens is 1. The van der Waals surface area contributed by atoms with Crippen molar-refractivity contribution in [2.24, 2.45) is 0 Å². The summed E-state index contributed by atoms with van der Waals surface area (Å²) in [5, 5.41) is 4.01. The molecule has 1 amide bonds. The Kier molecular flexibility index (Phi) is 6.57. The normalized spacial score (nSPS) is 15.1. The zero-order valence-corrected chi connectivity index (χ0v) is 17.0. The standard InChI is InChI=1S/C17H18FN3O6S2/c1-2-27-16(23)13-10-28-17(19-13)20-15(22)11-3-4-12(18)14(9-11)29(24,25)21-5-7-26-8-6-21/h3-4,9-10H,2,5-8H2,1H3,(H,19,20,22). The molecular formula is C17H18FN3O6S2. The molecule has 1 N–H and O–H groups in total. The summed E-state index contributed by atoms with van der Waals surface area (Å²) >= 11 is 1.00. The van der Waals surface area contributed by atoms with E-state index < -0.39 is 32.6 Å². The Hall–Kier alpha value is -2.41. The van der Waals surface area contributed by atoms with Crippen LogP contribution < -0.4 is 5.32 Å². The largest absolute Gasteiger partial charge is 0.461 e. The maximum atomic E-state index is 14.2. The Labute approximate surface area is 170 Å². The Morgan fingerprint density at radius 3 is 2.76 bits per heavy atom. The molecule has 1 aliphatic heterocycles. The van der Waals surface area contributed by atoms with Crippen LogP contribution in [-0.2, 0) is 19.5 Å². The summed E-state index contributed by atoms with van der Waals surface area (Å²) < 4.78 is 50.7. The van der Waals surface area contributed by atoms with Gasteiger partial charge in [-0.25, -0.2) is 22.6 Å². The third kappa shape index (κ3) is 4.78. The van der Waals surface area contributed by atoms with Gasteiger partial charge in [0.2, 0.25) is 10.0 Å². The van der Waals surface area contributed by atoms with Crippen LogP contribution in [-0.4, -0.2) is 62.5 Å². The molecule has 156 valence electrons. The minimum absolute atomic E-state index is 0.0434. The third-order valence-electron chi connectivity index (χ3n) is 3.99. The summed E-state index contributed by atoms with van der Waals surface area (Å²) in [6.45, 7) is 2.49. The number of morpholine rings is 1. The molecule has 2 aromatic rings. The van der Waals surface area contributed by atoms with Gasteiger partial charge in [-0.3, -0.25) is 10.1 Å². The van der Waals surface area contributed by atoms with Gasteiger partial charge in [-0.2, -0.15) is 4.31 Å². The molecular weight excluding hydrogens is 425 g/mol. The van der Waals surface area contributed by atoms with E-state index in [1.807, 2.05) is 0 Å². The van der Waals surface area contributed by atoms with Crippen molar-refractivity contribution in [1.29, 1.82) is 0 Å². The smallest absolute Gasteiger partial charge is 0.357 e. The number of nitrogens with one attached hydrogen (secondary N) is 1. The number of ether oxygens (including phenoxy) is 2. The molecule has 29 heavy (non-hydrogen) atoms. The van der Waals surface area contributed by atoms with Crippen LogP contribution in [0.15, 0.2) is 28.5 Å². The van der Waals surface area contributed by atoms with E-state index in [1.54, 1.807) is 6.92 Å². The van der Waals surface area contributed by atoms with E-state index in [4.69, 9.17) is 9.47 Å². The quantitative estimate of drug-likeness (QED) is 0.676. The topological polar surface area (TPSA) is 115 Å². The minimum Gasteiger partial charge on any atom is -0.461 e. The first-order valence-corrected chi connectivity index (χ1v) is 11.0. The first-order valence-electron chi connectivity index (χ1n) is 8.64. The number of anilines is 1. The van der Waals surface area contributed by atoms with Crippen molar-refractivity contribution in [3.8, 4) is 0 Å². The van der Waals surface area contributed by atoms with E-state index in [2.05, 4.69) is 10.3 Å². The lowest BCUT2D eigenvalue weighted by Gasteiger charge is -2.26. The van der Waals surface area contributed by atoms with E-state index in [0.29, 0.717) is 0 Å². The van der Waals surface area contributed by atoms with Gasteiger partial charge in [0, 0.05) is 24.0 Å². The Bertz CT molecular complexity index is 1020. The van der Waals surface area contributed by atoms with Crippen LogP contribution in [0.3, 0.4) is 0 Å². The fourth-order valence-electron chi connectivity index (χ4n) is 2.57. The number of nitrogens with zero attached hydrogens (tertiary/aromatic N) is 2. The number of carbonyl (C=O) groups is 2. The van der Waals surface area contributed by atoms with E-state index in [1.165, 1.54) is 11.4 Å². The number of hydrogen-bond donors (Lipinski definition) is 1. The third-order valence-corrected chi connectivity index (χ3v) is 6.66. The number of esters is 1. The molecule has 0 radical (unpaired) electrons. The summed E-state index contributed by atoms with van der Waals surface area (Å²) in [5.41, 5.74) is -0.0204. The fourth-order valence-corrected chi connectivity index (χ4v) is 4.74. The predicted octanol–water partition coefficient (Wildman–Crippen LogP) is 1.73. The van der Waals surface area contributed by atoms with Gasteiger partial charge in [0.1, 0.15) is 10.7 Å². The van der Waals surface area contributed by atoms with Crippen molar-refractivity contribution in [3.05, 3.63) is 40.7 Å².